The van der Waals surface area contributed by atoms with E-state index in [4.69, 9.17) is 10.5 Å². The van der Waals surface area contributed by atoms with Gasteiger partial charge in [0.1, 0.15) is 42.4 Å². The molecule has 0 saturated carbocycles. The number of likely N-dealkylation sites (tertiary alicyclic amines) is 1. The van der Waals surface area contributed by atoms with Crippen LogP contribution in [0.5, 0.6) is 0 Å². The molecule has 0 aliphatic carbocycles. The average Bonchev–Trinajstić information content (AvgIpc) is 4.09. The van der Waals surface area contributed by atoms with E-state index in [9.17, 15) is 53.4 Å². The number of rotatable bonds is 23. The number of hydrogen-bond donors (Lipinski definition) is 12. The summed E-state index contributed by atoms with van der Waals surface area (Å²) in [7, 11) is 0. The van der Waals surface area contributed by atoms with Crippen LogP contribution in [0, 0.1) is 0 Å². The molecule has 1 aliphatic heterocycles. The largest absolute Gasteiger partial charge is 0.445 e. The van der Waals surface area contributed by atoms with E-state index in [1.165, 1.54) is 43.8 Å². The number of alkyl carbamates (subject to hydrolysis) is 1. The second-order valence-corrected chi connectivity index (χ2v) is 15.1. The van der Waals surface area contributed by atoms with E-state index in [1.807, 2.05) is 0 Å². The van der Waals surface area contributed by atoms with E-state index in [-0.39, 0.29) is 32.4 Å². The average molecular weight is 896 g/mol. The zero-order chi connectivity index (χ0) is 46.8. The first-order valence-electron chi connectivity index (χ1n) is 20.0. The fourth-order valence-corrected chi connectivity index (χ4v) is 6.31. The standard InChI is InChI=1S/C39H53N13O12/c1-39(2,37(62)49-25(11-23-13-41-20-45-23)33(58)43-16-31(56)48-27(17-53)32(40)57)51-35(60)29-9-6-10-52(29)36(61)26(12-24-14-42-21-46-24)47-30(55)15-44-34(59)28(18-54)50-38(63)64-19-22-7-4-3-5-8-22/h3-5,7-8,13-14,20-21,25-29,53-54H,6,9-12,15-19H2,1-2H3,(H2,40,57)(H,41,45)(H,42,46)(H,43,58)(H,44,59)(H,47,55)(H,48,56)(H,49,62)(H,50,63)(H,51,60)/t25-,26-,27-,28-,29+/m0/s1. The van der Waals surface area contributed by atoms with E-state index in [0.29, 0.717) is 23.4 Å². The molecule has 0 bridgehead atoms. The van der Waals surface area contributed by atoms with Gasteiger partial charge in [-0.2, -0.15) is 0 Å². The predicted molar refractivity (Wildman–Crippen MR) is 220 cm³/mol. The summed E-state index contributed by atoms with van der Waals surface area (Å²) in [5.74, 6) is -6.58. The molecule has 25 nitrogen and oxygen atoms in total. The molecule has 1 aliphatic rings. The number of H-pyrrole nitrogens is 2. The van der Waals surface area contributed by atoms with Gasteiger partial charge in [-0.1, -0.05) is 30.3 Å². The molecule has 0 radical (unpaired) electrons. The molecule has 5 atom stereocenters. The number of amides is 9. The molecule has 0 unspecified atom stereocenters. The number of imidazole rings is 2. The summed E-state index contributed by atoms with van der Waals surface area (Å²) in [6.07, 6.45) is 4.94. The number of nitrogens with zero attached hydrogens (tertiary/aromatic N) is 3. The van der Waals surface area contributed by atoms with Gasteiger partial charge in [-0.25, -0.2) is 14.8 Å². The third-order valence-corrected chi connectivity index (χ3v) is 9.77. The second kappa shape index (κ2) is 23.7. The van der Waals surface area contributed by atoms with E-state index in [0.717, 1.165) is 0 Å². The highest BCUT2D eigenvalue weighted by Gasteiger charge is 2.41. The number of carbonyl (C=O) groups is 9. The van der Waals surface area contributed by atoms with Crippen molar-refractivity contribution in [2.45, 2.75) is 81.9 Å². The van der Waals surface area contributed by atoms with Crippen molar-refractivity contribution >= 4 is 53.4 Å². The van der Waals surface area contributed by atoms with Gasteiger partial charge < -0.3 is 72.8 Å². The molecule has 4 rings (SSSR count). The Labute approximate surface area is 365 Å². The molecule has 9 amide bonds. The minimum absolute atomic E-state index is 0.0950. The van der Waals surface area contributed by atoms with Gasteiger partial charge in [0.2, 0.25) is 47.3 Å². The maximum absolute atomic E-state index is 14.1. The Morgan fingerprint density at radius 3 is 1.91 bits per heavy atom. The van der Waals surface area contributed by atoms with Gasteiger partial charge >= 0.3 is 6.09 Å². The lowest BCUT2D eigenvalue weighted by atomic mass is 10.0. The number of primary amides is 1. The summed E-state index contributed by atoms with van der Waals surface area (Å²) < 4.78 is 5.09. The third-order valence-electron chi connectivity index (χ3n) is 9.77. The number of nitrogens with two attached hydrogens (primary N) is 1. The van der Waals surface area contributed by atoms with Crippen LogP contribution in [-0.2, 0) is 62.5 Å². The number of nitrogens with one attached hydrogen (secondary N) is 9. The van der Waals surface area contributed by atoms with Gasteiger partial charge in [0, 0.05) is 43.2 Å². The van der Waals surface area contributed by atoms with Crippen molar-refractivity contribution in [2.75, 3.05) is 32.8 Å². The lowest BCUT2D eigenvalue weighted by molar-refractivity contribution is -0.143. The maximum Gasteiger partial charge on any atom is 0.408 e. The van der Waals surface area contributed by atoms with Crippen molar-refractivity contribution in [2.24, 2.45) is 5.73 Å². The second-order valence-electron chi connectivity index (χ2n) is 15.1. The van der Waals surface area contributed by atoms with Gasteiger partial charge in [0.15, 0.2) is 0 Å². The first-order chi connectivity index (χ1) is 30.5. The molecule has 64 heavy (non-hydrogen) atoms. The first kappa shape index (κ1) is 49.2. The number of aromatic nitrogens is 4. The Morgan fingerprint density at radius 2 is 1.36 bits per heavy atom. The van der Waals surface area contributed by atoms with Crippen molar-refractivity contribution in [3.05, 3.63) is 72.3 Å². The minimum Gasteiger partial charge on any atom is -0.445 e. The molecule has 346 valence electrons. The van der Waals surface area contributed by atoms with Crippen LogP contribution in [0.15, 0.2) is 55.4 Å². The lowest BCUT2D eigenvalue weighted by Crippen LogP contribution is -2.62. The molecule has 1 fully saturated rings. The van der Waals surface area contributed by atoms with E-state index in [2.05, 4.69) is 57.2 Å². The summed E-state index contributed by atoms with van der Waals surface area (Å²) in [5, 5.41) is 35.8. The van der Waals surface area contributed by atoms with Crippen LogP contribution < -0.4 is 43.0 Å². The van der Waals surface area contributed by atoms with Crippen LogP contribution in [0.1, 0.15) is 43.6 Å². The Hall–Kier alpha value is -7.41. The molecule has 1 aromatic carbocycles. The molecule has 3 aromatic rings. The lowest BCUT2D eigenvalue weighted by Gasteiger charge is -2.32. The van der Waals surface area contributed by atoms with Gasteiger partial charge in [0.05, 0.1) is 39.0 Å². The van der Waals surface area contributed by atoms with E-state index >= 15 is 0 Å². The molecule has 2 aromatic heterocycles. The summed E-state index contributed by atoms with van der Waals surface area (Å²) >= 11 is 0. The summed E-state index contributed by atoms with van der Waals surface area (Å²) in [5.41, 5.74) is 5.01. The van der Waals surface area contributed by atoms with Crippen LogP contribution in [0.4, 0.5) is 4.79 Å². The van der Waals surface area contributed by atoms with Crippen LogP contribution >= 0.6 is 0 Å². The van der Waals surface area contributed by atoms with Crippen molar-refractivity contribution in [3.63, 3.8) is 0 Å². The number of carbonyl (C=O) groups excluding carboxylic acids is 9. The third kappa shape index (κ3) is 14.9. The maximum atomic E-state index is 14.1. The fraction of sp³-hybridized carbons (Fsp3) is 0.462. The SMILES string of the molecule is CC(C)(NC(=O)[C@H]1CCCN1C(=O)[C@H](Cc1cnc[nH]1)NC(=O)CNC(=O)[C@H](CO)NC(=O)OCc1ccccc1)C(=O)N[C@@H](Cc1cnc[nH]1)C(=O)NCC(=O)N[C@@H](CO)C(N)=O. The number of aromatic amines is 2. The van der Waals surface area contributed by atoms with E-state index in [1.54, 1.807) is 30.3 Å². The fourth-order valence-electron chi connectivity index (χ4n) is 6.31. The first-order valence-corrected chi connectivity index (χ1v) is 20.0. The number of hydrogen-bond acceptors (Lipinski definition) is 14. The van der Waals surface area contributed by atoms with Crippen molar-refractivity contribution in [1.82, 2.24) is 62.1 Å². The Balaban J connectivity index is 1.36. The highest BCUT2D eigenvalue weighted by molar-refractivity contribution is 5.98. The summed E-state index contributed by atoms with van der Waals surface area (Å²) in [4.78, 5) is 132. The Bertz CT molecular complexity index is 2080. The molecular formula is C39H53N13O12. The zero-order valence-corrected chi connectivity index (χ0v) is 35.0. The predicted octanol–water partition coefficient (Wildman–Crippen LogP) is -4.74. The van der Waals surface area contributed by atoms with Crippen molar-refractivity contribution in [3.8, 4) is 0 Å². The van der Waals surface area contributed by atoms with Crippen LogP contribution in [0.2, 0.25) is 0 Å². The smallest absolute Gasteiger partial charge is 0.408 e. The minimum atomic E-state index is -1.68. The molecular weight excluding hydrogens is 843 g/mol. The highest BCUT2D eigenvalue weighted by atomic mass is 16.5. The molecule has 13 N–H and O–H groups in total. The normalized spacial score (nSPS) is 15.3. The monoisotopic (exact) mass is 895 g/mol. The van der Waals surface area contributed by atoms with E-state index < -0.39 is 115 Å². The van der Waals surface area contributed by atoms with Crippen molar-refractivity contribution in [1.29, 1.82) is 0 Å². The quantitative estimate of drug-likeness (QED) is 0.0426. The topological polar surface area (TPSA) is 374 Å². The Kier molecular flexibility index (Phi) is 18.2. The van der Waals surface area contributed by atoms with Crippen LogP contribution in [-0.4, -0.2) is 157 Å². The van der Waals surface area contributed by atoms with Crippen LogP contribution in [0.25, 0.3) is 0 Å². The van der Waals surface area contributed by atoms with Gasteiger partial charge in [-0.15, -0.1) is 0 Å². The zero-order valence-electron chi connectivity index (χ0n) is 35.0. The number of benzene rings is 1. The number of ether oxygens (including phenoxy) is 1. The Morgan fingerprint density at radius 1 is 0.797 bits per heavy atom. The van der Waals surface area contributed by atoms with Gasteiger partial charge in [0.25, 0.3) is 0 Å². The number of aliphatic hydroxyl groups is 2. The van der Waals surface area contributed by atoms with Crippen LogP contribution in [0.3, 0.4) is 0 Å². The van der Waals surface area contributed by atoms with Gasteiger partial charge in [-0.05, 0) is 32.3 Å². The molecule has 3 heterocycles. The summed E-state index contributed by atoms with van der Waals surface area (Å²) in [6, 6.07) is 2.20. The molecule has 25 heteroatoms. The highest BCUT2D eigenvalue weighted by Crippen LogP contribution is 2.21. The number of aliphatic hydroxyl groups excluding tert-OH is 2. The summed E-state index contributed by atoms with van der Waals surface area (Å²) in [6.45, 7) is -0.133. The van der Waals surface area contributed by atoms with Gasteiger partial charge in [-0.3, -0.25) is 38.4 Å². The molecule has 0 spiro atoms. The molecule has 1 saturated heterocycles. The van der Waals surface area contributed by atoms with Crippen molar-refractivity contribution < 1.29 is 58.1 Å².